The van der Waals surface area contributed by atoms with Gasteiger partial charge in [-0.25, -0.2) is 4.39 Å². The van der Waals surface area contributed by atoms with Crippen molar-refractivity contribution in [2.45, 2.75) is 25.1 Å². The third-order valence-corrected chi connectivity index (χ3v) is 4.53. The standard InChI is InChI=1S/C14H19FN2OS2/c1-9(11-5-7-12(15)8-6-11)16-13(18)10(2)20-14(19)17(3)4/h5-10H,1-4H3,(H,16,18)/t9-,10-/m0/s1. The fourth-order valence-electron chi connectivity index (χ4n) is 1.48. The van der Waals surface area contributed by atoms with E-state index in [1.54, 1.807) is 17.0 Å². The normalized spacial score (nSPS) is 13.4. The Kier molecular flexibility index (Phi) is 6.42. The molecule has 0 fully saturated rings. The molecule has 1 aromatic rings. The number of rotatable bonds is 4. The third kappa shape index (κ3) is 5.09. The Bertz CT molecular complexity index is 477. The summed E-state index contributed by atoms with van der Waals surface area (Å²) in [6.45, 7) is 3.68. The van der Waals surface area contributed by atoms with E-state index in [1.165, 1.54) is 23.9 Å². The van der Waals surface area contributed by atoms with Gasteiger partial charge in [0.05, 0.1) is 11.3 Å². The molecule has 0 aliphatic rings. The van der Waals surface area contributed by atoms with E-state index < -0.39 is 0 Å². The summed E-state index contributed by atoms with van der Waals surface area (Å²) in [6.07, 6.45) is 0. The van der Waals surface area contributed by atoms with E-state index in [1.807, 2.05) is 27.9 Å². The molecular weight excluding hydrogens is 295 g/mol. The number of halogens is 1. The average Bonchev–Trinajstić information content (AvgIpc) is 2.38. The maximum absolute atomic E-state index is 12.9. The van der Waals surface area contributed by atoms with Gasteiger partial charge in [0.15, 0.2) is 0 Å². The van der Waals surface area contributed by atoms with E-state index in [4.69, 9.17) is 12.2 Å². The number of nitrogens with zero attached hydrogens (tertiary/aromatic N) is 1. The minimum atomic E-state index is -0.285. The minimum Gasteiger partial charge on any atom is -0.364 e. The molecule has 0 spiro atoms. The number of hydrogen-bond donors (Lipinski definition) is 1. The Morgan fingerprint density at radius 2 is 1.85 bits per heavy atom. The fraction of sp³-hybridized carbons (Fsp3) is 0.429. The van der Waals surface area contributed by atoms with Crippen molar-refractivity contribution in [2.24, 2.45) is 0 Å². The van der Waals surface area contributed by atoms with Crippen molar-refractivity contribution in [3.05, 3.63) is 35.6 Å². The number of carbonyl (C=O) groups is 1. The van der Waals surface area contributed by atoms with E-state index in [9.17, 15) is 9.18 Å². The van der Waals surface area contributed by atoms with Crippen LogP contribution in [0.1, 0.15) is 25.5 Å². The van der Waals surface area contributed by atoms with Crippen LogP contribution in [0.2, 0.25) is 0 Å². The molecule has 0 radical (unpaired) electrons. The predicted molar refractivity (Wildman–Crippen MR) is 86.3 cm³/mol. The molecule has 0 aliphatic heterocycles. The second-order valence-corrected chi connectivity index (χ2v) is 6.68. The van der Waals surface area contributed by atoms with Gasteiger partial charge in [-0.2, -0.15) is 0 Å². The van der Waals surface area contributed by atoms with Crippen LogP contribution in [-0.4, -0.2) is 34.5 Å². The second kappa shape index (κ2) is 7.59. The maximum atomic E-state index is 12.9. The molecule has 0 unspecified atom stereocenters. The van der Waals surface area contributed by atoms with Gasteiger partial charge in [0, 0.05) is 14.1 Å². The number of benzene rings is 1. The molecule has 0 saturated carbocycles. The van der Waals surface area contributed by atoms with E-state index >= 15 is 0 Å². The lowest BCUT2D eigenvalue weighted by Crippen LogP contribution is -2.34. The third-order valence-electron chi connectivity index (χ3n) is 2.74. The highest BCUT2D eigenvalue weighted by molar-refractivity contribution is 8.23. The van der Waals surface area contributed by atoms with E-state index in [2.05, 4.69) is 5.32 Å². The highest BCUT2D eigenvalue weighted by atomic mass is 32.2. The summed E-state index contributed by atoms with van der Waals surface area (Å²) in [5.41, 5.74) is 0.868. The molecule has 6 heteroatoms. The van der Waals surface area contributed by atoms with Gasteiger partial charge >= 0.3 is 0 Å². The van der Waals surface area contributed by atoms with Crippen molar-refractivity contribution in [1.82, 2.24) is 10.2 Å². The lowest BCUT2D eigenvalue weighted by molar-refractivity contribution is -0.120. The molecule has 110 valence electrons. The van der Waals surface area contributed by atoms with Crippen molar-refractivity contribution in [1.29, 1.82) is 0 Å². The summed E-state index contributed by atoms with van der Waals surface area (Å²) in [7, 11) is 3.70. The quantitative estimate of drug-likeness (QED) is 0.866. The van der Waals surface area contributed by atoms with E-state index in [0.29, 0.717) is 4.32 Å². The van der Waals surface area contributed by atoms with Gasteiger partial charge in [-0.05, 0) is 31.5 Å². The van der Waals surface area contributed by atoms with Crippen LogP contribution in [-0.2, 0) is 4.79 Å². The van der Waals surface area contributed by atoms with Crippen LogP contribution in [0.3, 0.4) is 0 Å². The Labute approximate surface area is 128 Å². The zero-order valence-electron chi connectivity index (χ0n) is 12.0. The van der Waals surface area contributed by atoms with Crippen molar-refractivity contribution >= 4 is 34.2 Å². The SMILES string of the molecule is C[C@H](SC(=S)N(C)C)C(=O)N[C@@H](C)c1ccc(F)cc1. The fourth-order valence-corrected chi connectivity index (χ4v) is 2.60. The van der Waals surface area contributed by atoms with Gasteiger partial charge in [0.1, 0.15) is 10.1 Å². The van der Waals surface area contributed by atoms with Crippen LogP contribution in [0.4, 0.5) is 4.39 Å². The van der Waals surface area contributed by atoms with Gasteiger partial charge < -0.3 is 10.2 Å². The number of nitrogens with one attached hydrogen (secondary N) is 1. The van der Waals surface area contributed by atoms with E-state index in [-0.39, 0.29) is 23.0 Å². The number of amides is 1. The monoisotopic (exact) mass is 314 g/mol. The van der Waals surface area contributed by atoms with Gasteiger partial charge in [0.2, 0.25) is 5.91 Å². The molecule has 0 heterocycles. The zero-order valence-corrected chi connectivity index (χ0v) is 13.6. The molecule has 2 atom stereocenters. The second-order valence-electron chi connectivity index (χ2n) is 4.70. The molecule has 1 N–H and O–H groups in total. The molecule has 1 amide bonds. The van der Waals surface area contributed by atoms with Crippen LogP contribution in [0.15, 0.2) is 24.3 Å². The molecule has 1 rings (SSSR count). The van der Waals surface area contributed by atoms with Crippen LogP contribution >= 0.6 is 24.0 Å². The summed E-state index contributed by atoms with van der Waals surface area (Å²) < 4.78 is 13.5. The first-order valence-electron chi connectivity index (χ1n) is 6.25. The number of thioether (sulfide) groups is 1. The summed E-state index contributed by atoms with van der Waals surface area (Å²) >= 11 is 6.50. The molecule has 3 nitrogen and oxygen atoms in total. The lowest BCUT2D eigenvalue weighted by Gasteiger charge is -2.20. The summed E-state index contributed by atoms with van der Waals surface area (Å²) in [5, 5.41) is 2.63. The topological polar surface area (TPSA) is 32.3 Å². The van der Waals surface area contributed by atoms with Gasteiger partial charge in [-0.15, -0.1) is 0 Å². The predicted octanol–water partition coefficient (Wildman–Crippen LogP) is 2.97. The number of thiocarbonyl (C=S) groups is 1. The Balaban J connectivity index is 2.56. The highest BCUT2D eigenvalue weighted by Gasteiger charge is 2.19. The van der Waals surface area contributed by atoms with Crippen LogP contribution < -0.4 is 5.32 Å². The molecule has 20 heavy (non-hydrogen) atoms. The van der Waals surface area contributed by atoms with Crippen LogP contribution in [0, 0.1) is 5.82 Å². The van der Waals surface area contributed by atoms with E-state index in [0.717, 1.165) is 5.56 Å². The number of hydrogen-bond acceptors (Lipinski definition) is 3. The Morgan fingerprint density at radius 3 is 2.35 bits per heavy atom. The lowest BCUT2D eigenvalue weighted by atomic mass is 10.1. The van der Waals surface area contributed by atoms with Gasteiger partial charge in [0.25, 0.3) is 0 Å². The number of carbonyl (C=O) groups excluding carboxylic acids is 1. The first kappa shape index (κ1) is 16.9. The first-order chi connectivity index (χ1) is 9.31. The van der Waals surface area contributed by atoms with Gasteiger partial charge in [-0.1, -0.05) is 36.1 Å². The smallest absolute Gasteiger partial charge is 0.233 e. The summed E-state index contributed by atoms with van der Waals surface area (Å²) in [6, 6.07) is 5.94. The molecule has 0 saturated heterocycles. The Morgan fingerprint density at radius 1 is 1.30 bits per heavy atom. The average molecular weight is 314 g/mol. The first-order valence-corrected chi connectivity index (χ1v) is 7.54. The van der Waals surface area contributed by atoms with Crippen molar-refractivity contribution < 1.29 is 9.18 Å². The summed E-state index contributed by atoms with van der Waals surface area (Å²) in [4.78, 5) is 13.9. The molecule has 0 bridgehead atoms. The van der Waals surface area contributed by atoms with Gasteiger partial charge in [-0.3, -0.25) is 4.79 Å². The highest BCUT2D eigenvalue weighted by Crippen LogP contribution is 2.17. The summed E-state index contributed by atoms with van der Waals surface area (Å²) in [5.74, 6) is -0.372. The molecule has 0 aliphatic carbocycles. The van der Waals surface area contributed by atoms with Crippen molar-refractivity contribution in [2.75, 3.05) is 14.1 Å². The van der Waals surface area contributed by atoms with Crippen molar-refractivity contribution in [3.63, 3.8) is 0 Å². The molecular formula is C14H19FN2OS2. The maximum Gasteiger partial charge on any atom is 0.233 e. The largest absolute Gasteiger partial charge is 0.364 e. The molecule has 1 aromatic carbocycles. The van der Waals surface area contributed by atoms with Crippen LogP contribution in [0.5, 0.6) is 0 Å². The minimum absolute atomic E-state index is 0.0870. The molecule has 0 aromatic heterocycles. The van der Waals surface area contributed by atoms with Crippen LogP contribution in [0.25, 0.3) is 0 Å². The van der Waals surface area contributed by atoms with Crippen molar-refractivity contribution in [3.8, 4) is 0 Å². The zero-order chi connectivity index (χ0) is 15.3. The Hall–Kier alpha value is -1.14.